The summed E-state index contributed by atoms with van der Waals surface area (Å²) >= 11 is 0. The zero-order chi connectivity index (χ0) is 23.4. The lowest BCUT2D eigenvalue weighted by atomic mass is 9.88. The number of piperidine rings is 1. The molecular formula is C27H35FN4O. The van der Waals surface area contributed by atoms with Crippen molar-refractivity contribution < 1.29 is 9.18 Å². The van der Waals surface area contributed by atoms with Crippen LogP contribution in [0.3, 0.4) is 0 Å². The highest BCUT2D eigenvalue weighted by molar-refractivity contribution is 6.07. The minimum atomic E-state index is -0.173. The van der Waals surface area contributed by atoms with Gasteiger partial charge in [-0.2, -0.15) is 0 Å². The van der Waals surface area contributed by atoms with Crippen molar-refractivity contribution in [3.8, 4) is 0 Å². The third-order valence-electron chi connectivity index (χ3n) is 7.09. The van der Waals surface area contributed by atoms with E-state index in [4.69, 9.17) is 5.73 Å². The molecule has 0 bridgehead atoms. The molecule has 4 rings (SSSR count). The van der Waals surface area contributed by atoms with Crippen LogP contribution in [0.4, 0.5) is 4.39 Å². The first-order valence-corrected chi connectivity index (χ1v) is 12.1. The lowest BCUT2D eigenvalue weighted by Crippen LogP contribution is -2.38. The molecule has 176 valence electrons. The summed E-state index contributed by atoms with van der Waals surface area (Å²) in [7, 11) is 0. The lowest BCUT2D eigenvalue weighted by molar-refractivity contribution is 0.0714. The predicted molar refractivity (Wildman–Crippen MR) is 132 cm³/mol. The van der Waals surface area contributed by atoms with Gasteiger partial charge in [-0.3, -0.25) is 4.79 Å². The highest BCUT2D eigenvalue weighted by atomic mass is 19.1. The minimum Gasteiger partial charge on any atom is -0.345 e. The maximum absolute atomic E-state index is 14.4. The molecule has 1 aliphatic rings. The predicted octanol–water partition coefficient (Wildman–Crippen LogP) is 4.60. The number of para-hydroxylation sites is 1. The Bertz CT molecular complexity index is 1100. The number of rotatable bonds is 8. The van der Waals surface area contributed by atoms with Gasteiger partial charge < -0.3 is 20.1 Å². The number of halogens is 1. The standard InChI is InChI=1S/C27H35FN4O/c1-3-30(4-2)15-16-32-19-24(22-7-5-6-8-26(22)32)27(33)31-13-11-21(12-14-31)23-17-20(18-29)9-10-25(23)28/h5-10,17,19,21H,3-4,11-16,18,29H2,1-2H3. The third kappa shape index (κ3) is 4.97. The second-order valence-electron chi connectivity index (χ2n) is 8.91. The second-order valence-corrected chi connectivity index (χ2v) is 8.91. The molecule has 0 saturated carbocycles. The normalized spacial score (nSPS) is 15.0. The molecular weight excluding hydrogens is 415 g/mol. The van der Waals surface area contributed by atoms with E-state index in [2.05, 4.69) is 29.4 Å². The maximum atomic E-state index is 14.4. The fourth-order valence-electron chi connectivity index (χ4n) is 4.99. The summed E-state index contributed by atoms with van der Waals surface area (Å²) in [6, 6.07) is 13.3. The summed E-state index contributed by atoms with van der Waals surface area (Å²) in [6.45, 7) is 9.87. The number of likely N-dealkylation sites (N-methyl/N-ethyl adjacent to an activating group) is 1. The number of amides is 1. The van der Waals surface area contributed by atoms with Gasteiger partial charge in [0.05, 0.1) is 5.56 Å². The van der Waals surface area contributed by atoms with Gasteiger partial charge in [-0.25, -0.2) is 4.39 Å². The molecule has 1 fully saturated rings. The Balaban J connectivity index is 1.49. The van der Waals surface area contributed by atoms with Crippen LogP contribution in [0.5, 0.6) is 0 Å². The van der Waals surface area contributed by atoms with Crippen molar-refractivity contribution in [2.24, 2.45) is 5.73 Å². The summed E-state index contributed by atoms with van der Waals surface area (Å²) in [4.78, 5) is 17.8. The van der Waals surface area contributed by atoms with Crippen LogP contribution in [0.15, 0.2) is 48.7 Å². The van der Waals surface area contributed by atoms with Gasteiger partial charge in [0.15, 0.2) is 0 Å². The molecule has 6 heteroatoms. The van der Waals surface area contributed by atoms with E-state index in [-0.39, 0.29) is 17.6 Å². The van der Waals surface area contributed by atoms with Crippen molar-refractivity contribution in [1.82, 2.24) is 14.4 Å². The number of nitrogens with two attached hydrogens (primary N) is 1. The van der Waals surface area contributed by atoms with Gasteiger partial charge in [0.2, 0.25) is 0 Å². The van der Waals surface area contributed by atoms with E-state index in [1.54, 1.807) is 6.07 Å². The van der Waals surface area contributed by atoms with Crippen LogP contribution in [0.25, 0.3) is 10.9 Å². The van der Waals surface area contributed by atoms with Crippen LogP contribution >= 0.6 is 0 Å². The Kier molecular flexibility index (Phi) is 7.46. The van der Waals surface area contributed by atoms with Gasteiger partial charge in [0.25, 0.3) is 5.91 Å². The van der Waals surface area contributed by atoms with E-state index in [0.717, 1.165) is 66.6 Å². The maximum Gasteiger partial charge on any atom is 0.256 e. The molecule has 2 heterocycles. The first kappa shape index (κ1) is 23.5. The molecule has 1 amide bonds. The molecule has 0 spiro atoms. The molecule has 5 nitrogen and oxygen atoms in total. The number of carbonyl (C=O) groups is 1. The van der Waals surface area contributed by atoms with E-state index in [1.807, 2.05) is 35.4 Å². The molecule has 0 atom stereocenters. The smallest absolute Gasteiger partial charge is 0.256 e. The number of carbonyl (C=O) groups excluding carboxylic acids is 1. The summed E-state index contributed by atoms with van der Waals surface area (Å²) < 4.78 is 16.7. The fraction of sp³-hybridized carbons (Fsp3) is 0.444. The average molecular weight is 451 g/mol. The fourth-order valence-corrected chi connectivity index (χ4v) is 4.99. The monoisotopic (exact) mass is 450 g/mol. The molecule has 2 aromatic carbocycles. The molecule has 1 aliphatic heterocycles. The molecule has 0 radical (unpaired) electrons. The SMILES string of the molecule is CCN(CC)CCn1cc(C(=O)N2CCC(c3cc(CN)ccc3F)CC2)c2ccccc21. The summed E-state index contributed by atoms with van der Waals surface area (Å²) in [5.41, 5.74) is 9.29. The van der Waals surface area contributed by atoms with E-state index in [9.17, 15) is 9.18 Å². The quantitative estimate of drug-likeness (QED) is 0.546. The third-order valence-corrected chi connectivity index (χ3v) is 7.09. The van der Waals surface area contributed by atoms with E-state index in [1.165, 1.54) is 6.07 Å². The molecule has 1 saturated heterocycles. The van der Waals surface area contributed by atoms with Gasteiger partial charge in [0, 0.05) is 49.8 Å². The summed E-state index contributed by atoms with van der Waals surface area (Å²) in [6.07, 6.45) is 3.54. The Labute approximate surface area is 196 Å². The van der Waals surface area contributed by atoms with Crippen molar-refractivity contribution in [2.45, 2.75) is 45.7 Å². The van der Waals surface area contributed by atoms with Crippen LogP contribution in [-0.2, 0) is 13.1 Å². The Hall–Kier alpha value is -2.70. The van der Waals surface area contributed by atoms with Crippen LogP contribution in [0.2, 0.25) is 0 Å². The van der Waals surface area contributed by atoms with Gasteiger partial charge in [-0.1, -0.05) is 44.2 Å². The van der Waals surface area contributed by atoms with Crippen molar-refractivity contribution in [3.63, 3.8) is 0 Å². The molecule has 3 aromatic rings. The molecule has 33 heavy (non-hydrogen) atoms. The zero-order valence-electron chi connectivity index (χ0n) is 19.8. The largest absolute Gasteiger partial charge is 0.345 e. The Morgan fingerprint density at radius 3 is 2.55 bits per heavy atom. The second kappa shape index (κ2) is 10.5. The first-order chi connectivity index (χ1) is 16.0. The van der Waals surface area contributed by atoms with Crippen molar-refractivity contribution in [3.05, 3.63) is 71.2 Å². The number of likely N-dealkylation sites (tertiary alicyclic amines) is 1. The molecule has 2 N–H and O–H groups in total. The van der Waals surface area contributed by atoms with Crippen LogP contribution in [0, 0.1) is 5.82 Å². The lowest BCUT2D eigenvalue weighted by Gasteiger charge is -2.32. The van der Waals surface area contributed by atoms with Crippen LogP contribution in [-0.4, -0.2) is 53.0 Å². The number of aromatic nitrogens is 1. The van der Waals surface area contributed by atoms with Gasteiger partial charge >= 0.3 is 0 Å². The molecule has 1 aromatic heterocycles. The minimum absolute atomic E-state index is 0.0717. The van der Waals surface area contributed by atoms with E-state index >= 15 is 0 Å². The van der Waals surface area contributed by atoms with Crippen molar-refractivity contribution in [2.75, 3.05) is 32.7 Å². The highest BCUT2D eigenvalue weighted by Gasteiger charge is 2.28. The van der Waals surface area contributed by atoms with Gasteiger partial charge in [-0.05, 0) is 55.1 Å². The number of nitrogens with zero attached hydrogens (tertiary/aromatic N) is 3. The topological polar surface area (TPSA) is 54.5 Å². The first-order valence-electron chi connectivity index (χ1n) is 12.1. The Morgan fingerprint density at radius 2 is 1.85 bits per heavy atom. The number of benzene rings is 2. The summed E-state index contributed by atoms with van der Waals surface area (Å²) in [5.74, 6) is 0.0200. The van der Waals surface area contributed by atoms with Gasteiger partial charge in [-0.15, -0.1) is 0 Å². The highest BCUT2D eigenvalue weighted by Crippen LogP contribution is 2.32. The van der Waals surface area contributed by atoms with Crippen molar-refractivity contribution in [1.29, 1.82) is 0 Å². The molecule has 0 aliphatic carbocycles. The number of hydrogen-bond donors (Lipinski definition) is 1. The molecule has 0 unspecified atom stereocenters. The number of hydrogen-bond acceptors (Lipinski definition) is 3. The zero-order valence-corrected chi connectivity index (χ0v) is 19.8. The van der Waals surface area contributed by atoms with E-state index < -0.39 is 0 Å². The average Bonchev–Trinajstić information content (AvgIpc) is 3.23. The Morgan fingerprint density at radius 1 is 1.12 bits per heavy atom. The van der Waals surface area contributed by atoms with Crippen molar-refractivity contribution >= 4 is 16.8 Å². The summed E-state index contributed by atoms with van der Waals surface area (Å²) in [5, 5.41) is 1.01. The van der Waals surface area contributed by atoms with Gasteiger partial charge in [0.1, 0.15) is 5.82 Å². The van der Waals surface area contributed by atoms with Crippen LogP contribution < -0.4 is 5.73 Å². The van der Waals surface area contributed by atoms with E-state index in [0.29, 0.717) is 19.6 Å². The van der Waals surface area contributed by atoms with Crippen LogP contribution in [0.1, 0.15) is 54.1 Å². The number of fused-ring (bicyclic) bond motifs is 1.